The van der Waals surface area contributed by atoms with Crippen molar-refractivity contribution in [1.82, 2.24) is 0 Å². The summed E-state index contributed by atoms with van der Waals surface area (Å²) in [5.41, 5.74) is 5.67. The molecule has 0 aromatic heterocycles. The first-order valence-corrected chi connectivity index (χ1v) is 21.0. The van der Waals surface area contributed by atoms with Crippen molar-refractivity contribution in [1.29, 1.82) is 0 Å². The van der Waals surface area contributed by atoms with Gasteiger partial charge in [-0.15, -0.1) is 0 Å². The molecular weight excluding hydrogens is 765 g/mol. The second-order valence-electron chi connectivity index (χ2n) is 16.9. The van der Waals surface area contributed by atoms with E-state index in [2.05, 4.69) is 0 Å². The Bertz CT molecular complexity index is 2240. The van der Waals surface area contributed by atoms with Gasteiger partial charge in [-0.2, -0.15) is 0 Å². The number of likely N-dealkylation sites (N-methyl/N-ethyl adjacent to an activating group) is 2. The Balaban J connectivity index is 1.54. The van der Waals surface area contributed by atoms with Gasteiger partial charge in [0.1, 0.15) is 29.9 Å². The molecule has 0 spiro atoms. The molecular formula is C48H58N2O10. The van der Waals surface area contributed by atoms with E-state index in [4.69, 9.17) is 28.4 Å². The third-order valence-corrected chi connectivity index (χ3v) is 13.6. The number of fused-ring (bicyclic) bond motifs is 2. The van der Waals surface area contributed by atoms with Crippen LogP contribution in [0.3, 0.4) is 0 Å². The molecule has 320 valence electrons. The summed E-state index contributed by atoms with van der Waals surface area (Å²) in [6.45, 7) is 5.10. The van der Waals surface area contributed by atoms with Crippen molar-refractivity contribution < 1.29 is 57.2 Å². The maximum atomic E-state index is 13.2. The monoisotopic (exact) mass is 822 g/mol. The number of hydrogen-bond donors (Lipinski definition) is 0. The van der Waals surface area contributed by atoms with Crippen LogP contribution >= 0.6 is 0 Å². The number of rotatable bonds is 12. The lowest BCUT2D eigenvalue weighted by Gasteiger charge is -2.51. The minimum atomic E-state index is -1.10. The van der Waals surface area contributed by atoms with Gasteiger partial charge in [-0.1, -0.05) is 44.9 Å². The zero-order valence-electron chi connectivity index (χ0n) is 36.1. The van der Waals surface area contributed by atoms with Gasteiger partial charge in [0.25, 0.3) is 0 Å². The number of hydrogen-bond acceptors (Lipinski definition) is 10. The highest BCUT2D eigenvalue weighted by Gasteiger charge is 2.49. The number of nitrogens with zero attached hydrogens (tertiary/aromatic N) is 2. The van der Waals surface area contributed by atoms with Gasteiger partial charge in [-0.05, 0) is 64.7 Å². The van der Waals surface area contributed by atoms with Gasteiger partial charge in [0, 0.05) is 44.1 Å². The number of carboxylic acids is 2. The minimum absolute atomic E-state index is 0.153. The van der Waals surface area contributed by atoms with E-state index in [1.165, 1.54) is 0 Å². The molecule has 4 aliphatic heterocycles. The van der Waals surface area contributed by atoms with Crippen molar-refractivity contribution in [2.24, 2.45) is 0 Å². The van der Waals surface area contributed by atoms with Crippen molar-refractivity contribution in [2.45, 2.75) is 89.4 Å². The Morgan fingerprint density at radius 1 is 0.667 bits per heavy atom. The van der Waals surface area contributed by atoms with Crippen molar-refractivity contribution in [2.75, 3.05) is 55.6 Å². The molecule has 60 heavy (non-hydrogen) atoms. The van der Waals surface area contributed by atoms with E-state index >= 15 is 0 Å². The fourth-order valence-corrected chi connectivity index (χ4v) is 10.3. The molecule has 0 saturated carbocycles. The van der Waals surface area contributed by atoms with E-state index in [1.807, 2.05) is 88.6 Å². The summed E-state index contributed by atoms with van der Waals surface area (Å²) in [6, 6.07) is 17.4. The normalized spacial score (nSPS) is 22.7. The fourth-order valence-electron chi connectivity index (χ4n) is 10.3. The molecule has 4 aromatic rings. The first-order valence-electron chi connectivity index (χ1n) is 21.0. The molecule has 12 nitrogen and oxygen atoms in total. The summed E-state index contributed by atoms with van der Waals surface area (Å²) in [5.74, 6) is 1.67. The summed E-state index contributed by atoms with van der Waals surface area (Å²) < 4.78 is 38.1. The standard InChI is InChI=1S/C48H58N2O10/c1-9-11-35(47(51)52)49(3)21-19-31-26-40(56-6)42-28-34(31)37(49)23-29-13-16-33(17-14-29)59-41-25-30(15-18-39(41)55-5)24-38-44-32(27-43(57-7)45(58-8)46(44)60-42)20-22-50(38,4)36(12-10-2)48(53)54/h13-18,25-28,35-38H,9-12,19-24H2,1-8H3. The van der Waals surface area contributed by atoms with Crippen molar-refractivity contribution >= 4 is 11.9 Å². The highest BCUT2D eigenvalue weighted by atomic mass is 16.5. The maximum absolute atomic E-state index is 13.2. The summed E-state index contributed by atoms with van der Waals surface area (Å²) in [5, 5.41) is 26.2. The van der Waals surface area contributed by atoms with Crippen LogP contribution in [0.5, 0.6) is 46.0 Å². The van der Waals surface area contributed by atoms with Crippen LogP contribution in [0, 0.1) is 0 Å². The minimum Gasteiger partial charge on any atom is -0.544 e. The summed E-state index contributed by atoms with van der Waals surface area (Å²) >= 11 is 0. The number of carboxylic acid groups (broad SMARTS) is 2. The van der Waals surface area contributed by atoms with Crippen molar-refractivity contribution in [3.63, 3.8) is 0 Å². The van der Waals surface area contributed by atoms with Gasteiger partial charge >= 0.3 is 0 Å². The first kappa shape index (κ1) is 42.7. The van der Waals surface area contributed by atoms with E-state index in [1.54, 1.807) is 28.4 Å². The third-order valence-electron chi connectivity index (χ3n) is 13.6. The van der Waals surface area contributed by atoms with Crippen LogP contribution in [0.1, 0.15) is 85.0 Å². The molecule has 0 amide bonds. The second kappa shape index (κ2) is 17.3. The lowest BCUT2D eigenvalue weighted by molar-refractivity contribution is -0.958. The highest BCUT2D eigenvalue weighted by molar-refractivity contribution is 5.71. The lowest BCUT2D eigenvalue weighted by atomic mass is 9.83. The average molecular weight is 823 g/mol. The summed E-state index contributed by atoms with van der Waals surface area (Å²) in [4.78, 5) is 26.2. The average Bonchev–Trinajstić information content (AvgIpc) is 3.23. The highest BCUT2D eigenvalue weighted by Crippen LogP contribution is 2.54. The van der Waals surface area contributed by atoms with Gasteiger partial charge < -0.3 is 57.2 Å². The molecule has 0 fully saturated rings. The van der Waals surface area contributed by atoms with E-state index in [0.717, 1.165) is 33.4 Å². The number of methoxy groups -OCH3 is 4. The molecule has 0 saturated heterocycles. The Morgan fingerprint density at radius 3 is 1.80 bits per heavy atom. The molecule has 4 heterocycles. The van der Waals surface area contributed by atoms with Crippen molar-refractivity contribution in [3.8, 4) is 46.0 Å². The third kappa shape index (κ3) is 7.60. The molecule has 0 N–H and O–H groups in total. The van der Waals surface area contributed by atoms with Gasteiger partial charge in [0.05, 0.1) is 73.1 Å². The molecule has 0 radical (unpaired) electrons. The number of quaternary nitrogens is 2. The molecule has 8 rings (SSSR count). The van der Waals surface area contributed by atoms with Gasteiger partial charge in [-0.25, -0.2) is 0 Å². The molecule has 12 heteroatoms. The maximum Gasteiger partial charge on any atom is 0.204 e. The van der Waals surface area contributed by atoms with Gasteiger partial charge in [-0.3, -0.25) is 0 Å². The number of aliphatic carboxylic acids is 2. The van der Waals surface area contributed by atoms with Crippen LogP contribution < -0.4 is 38.6 Å². The summed E-state index contributed by atoms with van der Waals surface area (Å²) in [7, 11) is 10.4. The second-order valence-corrected chi connectivity index (χ2v) is 16.9. The van der Waals surface area contributed by atoms with Crippen LogP contribution in [0.4, 0.5) is 0 Å². The molecule has 4 aliphatic rings. The lowest BCUT2D eigenvalue weighted by Crippen LogP contribution is -2.63. The Hall–Kier alpha value is -5.46. The van der Waals surface area contributed by atoms with E-state index in [0.29, 0.717) is 110 Å². The summed E-state index contributed by atoms with van der Waals surface area (Å²) in [6.07, 6.45) is 4.33. The van der Waals surface area contributed by atoms with Crippen LogP contribution in [0.25, 0.3) is 0 Å². The molecule has 6 unspecified atom stereocenters. The zero-order chi connectivity index (χ0) is 42.9. The topological polar surface area (TPSA) is 136 Å². The zero-order valence-corrected chi connectivity index (χ0v) is 36.1. The van der Waals surface area contributed by atoms with Crippen LogP contribution in [0.2, 0.25) is 0 Å². The number of benzene rings is 4. The van der Waals surface area contributed by atoms with E-state index in [-0.39, 0.29) is 15.0 Å². The SMILES string of the molecule is CCCC(C(=O)[O-])[N+]1(C)CCc2cc(OC)c3cc2C1Cc1ccc(cc1)Oc1cc(ccc1OC)CC1c2c(cc(OC)c(OC)c2O3)CC[N+]1(C)C(CCC)C(=O)[O-]. The predicted octanol–water partition coefficient (Wildman–Crippen LogP) is 6.03. The fraction of sp³-hybridized carbons (Fsp3) is 0.458. The van der Waals surface area contributed by atoms with Crippen LogP contribution in [-0.2, 0) is 35.3 Å². The smallest absolute Gasteiger partial charge is 0.204 e. The largest absolute Gasteiger partial charge is 0.544 e. The predicted molar refractivity (Wildman–Crippen MR) is 222 cm³/mol. The number of carbonyl (C=O) groups is 2. The Labute approximate surface area is 353 Å². The molecule has 6 atom stereocenters. The Morgan fingerprint density at radius 2 is 1.22 bits per heavy atom. The van der Waals surface area contributed by atoms with E-state index < -0.39 is 30.1 Å². The van der Waals surface area contributed by atoms with Crippen molar-refractivity contribution in [3.05, 3.63) is 94.0 Å². The number of carbonyl (C=O) groups excluding carboxylic acids is 2. The molecule has 4 aromatic carbocycles. The van der Waals surface area contributed by atoms with Gasteiger partial charge in [0.15, 0.2) is 34.5 Å². The first-order chi connectivity index (χ1) is 28.8. The molecule has 6 bridgehead atoms. The Kier molecular flexibility index (Phi) is 12.3. The molecule has 0 aliphatic carbocycles. The van der Waals surface area contributed by atoms with Crippen LogP contribution in [0.15, 0.2) is 60.7 Å². The van der Waals surface area contributed by atoms with E-state index in [9.17, 15) is 19.8 Å². The quantitative estimate of drug-likeness (QED) is 0.156. The van der Waals surface area contributed by atoms with Gasteiger partial charge in [0.2, 0.25) is 5.75 Å². The number of ether oxygens (including phenoxy) is 6. The van der Waals surface area contributed by atoms with Crippen LogP contribution in [-0.4, -0.2) is 88.6 Å².